The number of hydrogen-bond donors (Lipinski definition) is 1. The number of nitrogens with zero attached hydrogens (tertiary/aromatic N) is 4. The molecular weight excluding hydrogens is 296 g/mol. The maximum atomic E-state index is 9.05. The minimum absolute atomic E-state index is 0.0746. The highest BCUT2D eigenvalue weighted by molar-refractivity contribution is 7.98. The first-order valence-electron chi connectivity index (χ1n) is 6.89. The van der Waals surface area contributed by atoms with Gasteiger partial charge >= 0.3 is 0 Å². The van der Waals surface area contributed by atoms with E-state index in [9.17, 15) is 0 Å². The summed E-state index contributed by atoms with van der Waals surface area (Å²) in [5.74, 6) is 1.62. The molecule has 5 nitrogen and oxygen atoms in total. The van der Waals surface area contributed by atoms with Crippen molar-refractivity contribution in [2.45, 2.75) is 17.5 Å². The lowest BCUT2D eigenvalue weighted by atomic mass is 10.2. The molecule has 112 valence electrons. The molecule has 0 saturated heterocycles. The van der Waals surface area contributed by atoms with Crippen molar-refractivity contribution in [1.82, 2.24) is 19.7 Å². The van der Waals surface area contributed by atoms with Gasteiger partial charge in [-0.2, -0.15) is 0 Å². The number of hydrogen-bond acceptors (Lipinski definition) is 5. The van der Waals surface area contributed by atoms with E-state index in [0.717, 1.165) is 27.9 Å². The fourth-order valence-corrected chi connectivity index (χ4v) is 2.94. The molecule has 2 aromatic heterocycles. The van der Waals surface area contributed by atoms with Gasteiger partial charge in [0, 0.05) is 30.8 Å². The lowest BCUT2D eigenvalue weighted by molar-refractivity contribution is 0.282. The monoisotopic (exact) mass is 312 g/mol. The van der Waals surface area contributed by atoms with Crippen LogP contribution in [0.2, 0.25) is 0 Å². The fraction of sp³-hybridized carbons (Fsp3) is 0.188. The first kappa shape index (κ1) is 14.7. The molecule has 0 unspecified atom stereocenters. The highest BCUT2D eigenvalue weighted by Gasteiger charge is 2.11. The van der Waals surface area contributed by atoms with Crippen LogP contribution in [0.15, 0.2) is 53.9 Å². The summed E-state index contributed by atoms with van der Waals surface area (Å²) in [7, 11) is 1.96. The van der Waals surface area contributed by atoms with Crippen molar-refractivity contribution in [3.63, 3.8) is 0 Å². The standard InChI is InChI=1S/C16H16N4OS/c1-20-15(14-3-2-8-17-9-14)18-19-16(20)22-11-13-6-4-12(10-21)5-7-13/h2-9,21H,10-11H2,1H3. The third-order valence-electron chi connectivity index (χ3n) is 3.33. The quantitative estimate of drug-likeness (QED) is 0.734. The summed E-state index contributed by atoms with van der Waals surface area (Å²) in [4.78, 5) is 4.11. The average Bonchev–Trinajstić information content (AvgIpc) is 2.95. The zero-order valence-electron chi connectivity index (χ0n) is 12.2. The van der Waals surface area contributed by atoms with E-state index >= 15 is 0 Å². The van der Waals surface area contributed by atoms with Gasteiger partial charge in [-0.05, 0) is 23.3 Å². The molecule has 3 aromatic rings. The summed E-state index contributed by atoms with van der Waals surface area (Å²) in [6.07, 6.45) is 3.53. The van der Waals surface area contributed by atoms with E-state index < -0.39 is 0 Å². The highest BCUT2D eigenvalue weighted by Crippen LogP contribution is 2.24. The number of rotatable bonds is 5. The van der Waals surface area contributed by atoms with Gasteiger partial charge in [0.1, 0.15) is 0 Å². The van der Waals surface area contributed by atoms with E-state index in [1.807, 2.05) is 48.0 Å². The van der Waals surface area contributed by atoms with Crippen LogP contribution in [0.4, 0.5) is 0 Å². The lowest BCUT2D eigenvalue weighted by Crippen LogP contribution is -1.95. The molecule has 0 aliphatic carbocycles. The summed E-state index contributed by atoms with van der Waals surface area (Å²) >= 11 is 1.64. The maximum absolute atomic E-state index is 9.05. The van der Waals surface area contributed by atoms with E-state index in [-0.39, 0.29) is 6.61 Å². The summed E-state index contributed by atoms with van der Waals surface area (Å²) in [6, 6.07) is 11.8. The normalized spacial score (nSPS) is 10.8. The van der Waals surface area contributed by atoms with Gasteiger partial charge in [0.2, 0.25) is 0 Å². The van der Waals surface area contributed by atoms with E-state index in [4.69, 9.17) is 5.11 Å². The average molecular weight is 312 g/mol. The molecule has 6 heteroatoms. The molecule has 0 bridgehead atoms. The van der Waals surface area contributed by atoms with Crippen LogP contribution in [0.25, 0.3) is 11.4 Å². The molecule has 0 amide bonds. The molecule has 3 rings (SSSR count). The van der Waals surface area contributed by atoms with Crippen LogP contribution in [-0.2, 0) is 19.4 Å². The van der Waals surface area contributed by atoms with Gasteiger partial charge in [-0.3, -0.25) is 4.98 Å². The predicted octanol–water partition coefficient (Wildman–Crippen LogP) is 2.66. The molecule has 22 heavy (non-hydrogen) atoms. The molecule has 2 heterocycles. The maximum Gasteiger partial charge on any atom is 0.191 e. The third-order valence-corrected chi connectivity index (χ3v) is 4.42. The smallest absolute Gasteiger partial charge is 0.191 e. The SMILES string of the molecule is Cn1c(SCc2ccc(CO)cc2)nnc1-c1cccnc1. The van der Waals surface area contributed by atoms with Gasteiger partial charge in [-0.25, -0.2) is 0 Å². The fourth-order valence-electron chi connectivity index (χ4n) is 2.08. The zero-order valence-corrected chi connectivity index (χ0v) is 13.0. The Morgan fingerprint density at radius 2 is 1.86 bits per heavy atom. The number of thioether (sulfide) groups is 1. The number of pyridine rings is 1. The minimum Gasteiger partial charge on any atom is -0.392 e. The lowest BCUT2D eigenvalue weighted by Gasteiger charge is -2.04. The Bertz CT molecular complexity index is 741. The van der Waals surface area contributed by atoms with Crippen LogP contribution in [0.5, 0.6) is 0 Å². The van der Waals surface area contributed by atoms with Crippen molar-refractivity contribution < 1.29 is 5.11 Å². The minimum atomic E-state index is 0.0746. The molecule has 0 saturated carbocycles. The van der Waals surface area contributed by atoms with Crippen molar-refractivity contribution in [3.8, 4) is 11.4 Å². The van der Waals surface area contributed by atoms with Gasteiger partial charge in [-0.1, -0.05) is 36.0 Å². The Morgan fingerprint density at radius 1 is 1.09 bits per heavy atom. The van der Waals surface area contributed by atoms with Gasteiger partial charge in [0.05, 0.1) is 6.61 Å². The first-order chi connectivity index (χ1) is 10.8. The second-order valence-electron chi connectivity index (χ2n) is 4.87. The summed E-state index contributed by atoms with van der Waals surface area (Å²) in [5.41, 5.74) is 3.07. The van der Waals surface area contributed by atoms with Gasteiger partial charge in [0.25, 0.3) is 0 Å². The Labute approximate surface area is 133 Å². The van der Waals surface area contributed by atoms with Gasteiger partial charge in [0.15, 0.2) is 11.0 Å². The van der Waals surface area contributed by atoms with E-state index in [2.05, 4.69) is 15.2 Å². The third kappa shape index (κ3) is 3.18. The van der Waals surface area contributed by atoms with Crippen LogP contribution in [0, 0.1) is 0 Å². The van der Waals surface area contributed by atoms with Crippen molar-refractivity contribution in [2.75, 3.05) is 0 Å². The number of benzene rings is 1. The van der Waals surface area contributed by atoms with E-state index in [1.165, 1.54) is 5.56 Å². The molecule has 1 aromatic carbocycles. The Kier molecular flexibility index (Phi) is 4.50. The Balaban J connectivity index is 1.72. The molecule has 0 fully saturated rings. The molecule has 0 atom stereocenters. The van der Waals surface area contributed by atoms with Crippen molar-refractivity contribution >= 4 is 11.8 Å². The van der Waals surface area contributed by atoms with E-state index in [1.54, 1.807) is 24.2 Å². The van der Waals surface area contributed by atoms with E-state index in [0.29, 0.717) is 0 Å². The van der Waals surface area contributed by atoms with Crippen LogP contribution < -0.4 is 0 Å². The van der Waals surface area contributed by atoms with Crippen molar-refractivity contribution in [1.29, 1.82) is 0 Å². The molecule has 0 radical (unpaired) electrons. The number of aliphatic hydroxyl groups is 1. The van der Waals surface area contributed by atoms with Crippen LogP contribution in [0.1, 0.15) is 11.1 Å². The van der Waals surface area contributed by atoms with Crippen LogP contribution >= 0.6 is 11.8 Å². The number of aromatic nitrogens is 4. The number of aliphatic hydroxyl groups excluding tert-OH is 1. The van der Waals surface area contributed by atoms with Gasteiger partial charge in [-0.15, -0.1) is 10.2 Å². The summed E-state index contributed by atoms with van der Waals surface area (Å²) in [6.45, 7) is 0.0746. The Morgan fingerprint density at radius 3 is 2.55 bits per heavy atom. The highest BCUT2D eigenvalue weighted by atomic mass is 32.2. The Hall–Kier alpha value is -2.18. The summed E-state index contributed by atoms with van der Waals surface area (Å²) in [5, 5.41) is 18.4. The van der Waals surface area contributed by atoms with Crippen molar-refractivity contribution in [3.05, 3.63) is 59.9 Å². The van der Waals surface area contributed by atoms with Crippen molar-refractivity contribution in [2.24, 2.45) is 7.05 Å². The second kappa shape index (κ2) is 6.72. The molecule has 0 spiro atoms. The molecule has 0 aliphatic rings. The zero-order chi connectivity index (χ0) is 15.4. The van der Waals surface area contributed by atoms with Crippen LogP contribution in [0.3, 0.4) is 0 Å². The van der Waals surface area contributed by atoms with Gasteiger partial charge < -0.3 is 9.67 Å². The molecule has 1 N–H and O–H groups in total. The molecule has 0 aliphatic heterocycles. The van der Waals surface area contributed by atoms with Crippen LogP contribution in [-0.4, -0.2) is 24.9 Å². The predicted molar refractivity (Wildman–Crippen MR) is 86.2 cm³/mol. The largest absolute Gasteiger partial charge is 0.392 e. The second-order valence-corrected chi connectivity index (χ2v) is 5.81. The topological polar surface area (TPSA) is 63.8 Å². The molecular formula is C16H16N4OS. The summed E-state index contributed by atoms with van der Waals surface area (Å²) < 4.78 is 1.98. The first-order valence-corrected chi connectivity index (χ1v) is 7.88.